The van der Waals surface area contributed by atoms with Crippen molar-refractivity contribution in [3.05, 3.63) is 0 Å². The van der Waals surface area contributed by atoms with Gasteiger partial charge in [0.25, 0.3) is 0 Å². The quantitative estimate of drug-likeness (QED) is 0.734. The highest BCUT2D eigenvalue weighted by Crippen LogP contribution is 2.55. The molecular weight excluding hydrogens is 324 g/mol. The second-order valence-corrected chi connectivity index (χ2v) is 8.40. The summed E-state index contributed by atoms with van der Waals surface area (Å²) in [6.45, 7) is 7.12. The number of ether oxygens (including phenoxy) is 4. The van der Waals surface area contributed by atoms with Crippen LogP contribution in [-0.4, -0.2) is 54.5 Å². The summed E-state index contributed by atoms with van der Waals surface area (Å²) >= 11 is 0. The Labute approximate surface area is 150 Å². The Hall–Kier alpha value is -0.240. The van der Waals surface area contributed by atoms with E-state index in [2.05, 4.69) is 13.8 Å². The zero-order valence-corrected chi connectivity index (χ0v) is 15.9. The first kappa shape index (κ1) is 19.5. The van der Waals surface area contributed by atoms with Gasteiger partial charge in [-0.2, -0.15) is 0 Å². The largest absolute Gasteiger partial charge is 0.385 e. The van der Waals surface area contributed by atoms with E-state index in [0.29, 0.717) is 25.6 Å². The normalized spacial score (nSPS) is 50.2. The molecular formula is C19H34O6. The highest BCUT2D eigenvalue weighted by molar-refractivity contribution is 5.06. The molecule has 0 spiro atoms. The number of hydrogen-bond acceptors (Lipinski definition) is 6. The monoisotopic (exact) mass is 358 g/mol. The topological polar surface area (TPSA) is 77.4 Å². The van der Waals surface area contributed by atoms with Crippen LogP contribution in [0.4, 0.5) is 0 Å². The van der Waals surface area contributed by atoms with Crippen LogP contribution in [0.25, 0.3) is 0 Å². The molecule has 2 aliphatic heterocycles. The lowest BCUT2D eigenvalue weighted by atomic mass is 9.58. The number of hydrogen-bond donors (Lipinski definition) is 2. The molecule has 0 bridgehead atoms. The Morgan fingerprint density at radius 3 is 2.56 bits per heavy atom. The fourth-order valence-electron chi connectivity index (χ4n) is 5.13. The molecule has 0 aromatic carbocycles. The van der Waals surface area contributed by atoms with Crippen molar-refractivity contribution in [2.45, 2.75) is 76.8 Å². The summed E-state index contributed by atoms with van der Waals surface area (Å²) in [7, 11) is 1.67. The van der Waals surface area contributed by atoms with E-state index >= 15 is 0 Å². The molecule has 25 heavy (non-hydrogen) atoms. The van der Waals surface area contributed by atoms with Gasteiger partial charge in [-0.15, -0.1) is 0 Å². The lowest BCUT2D eigenvalue weighted by molar-refractivity contribution is -0.408. The minimum atomic E-state index is -1.29. The smallest absolute Gasteiger partial charge is 0.193 e. The molecule has 0 aromatic heterocycles. The third-order valence-electron chi connectivity index (χ3n) is 6.56. The van der Waals surface area contributed by atoms with Crippen molar-refractivity contribution in [1.82, 2.24) is 0 Å². The van der Waals surface area contributed by atoms with Crippen LogP contribution in [0.1, 0.15) is 52.9 Å². The van der Waals surface area contributed by atoms with E-state index in [0.717, 1.165) is 25.7 Å². The molecule has 0 radical (unpaired) electrons. The van der Waals surface area contributed by atoms with Gasteiger partial charge in [0.15, 0.2) is 18.4 Å². The molecule has 4 unspecified atom stereocenters. The first-order valence-corrected chi connectivity index (χ1v) is 9.68. The zero-order chi connectivity index (χ0) is 18.2. The van der Waals surface area contributed by atoms with Crippen LogP contribution in [0.15, 0.2) is 0 Å². The van der Waals surface area contributed by atoms with Crippen LogP contribution >= 0.6 is 0 Å². The molecule has 3 aliphatic rings. The van der Waals surface area contributed by atoms with Crippen LogP contribution in [0.3, 0.4) is 0 Å². The molecule has 3 rings (SSSR count). The van der Waals surface area contributed by atoms with Gasteiger partial charge in [-0.05, 0) is 44.4 Å². The molecule has 1 saturated carbocycles. The Morgan fingerprint density at radius 2 is 1.84 bits per heavy atom. The maximum absolute atomic E-state index is 11.7. The Morgan fingerprint density at radius 1 is 1.08 bits per heavy atom. The first-order valence-electron chi connectivity index (χ1n) is 9.68. The van der Waals surface area contributed by atoms with Gasteiger partial charge in [0, 0.05) is 32.0 Å². The van der Waals surface area contributed by atoms with Crippen LogP contribution in [-0.2, 0) is 18.9 Å². The molecule has 1 aliphatic carbocycles. The zero-order valence-electron chi connectivity index (χ0n) is 15.9. The molecule has 3 fully saturated rings. The second kappa shape index (κ2) is 7.41. The molecule has 146 valence electrons. The maximum atomic E-state index is 11.7. The van der Waals surface area contributed by atoms with Gasteiger partial charge < -0.3 is 29.2 Å². The molecule has 0 amide bonds. The average Bonchev–Trinajstić information content (AvgIpc) is 2.64. The highest BCUT2D eigenvalue weighted by atomic mass is 16.8. The van der Waals surface area contributed by atoms with Crippen molar-refractivity contribution in [3.8, 4) is 0 Å². The van der Waals surface area contributed by atoms with E-state index in [1.165, 1.54) is 0 Å². The number of methoxy groups -OCH3 is 1. The lowest BCUT2D eigenvalue weighted by Gasteiger charge is -2.57. The Bertz CT molecular complexity index is 455. The predicted molar refractivity (Wildman–Crippen MR) is 91.5 cm³/mol. The summed E-state index contributed by atoms with van der Waals surface area (Å²) in [6, 6.07) is 0. The summed E-state index contributed by atoms with van der Waals surface area (Å²) < 4.78 is 23.0. The maximum Gasteiger partial charge on any atom is 0.193 e. The summed E-state index contributed by atoms with van der Waals surface area (Å²) in [6.07, 6.45) is 2.76. The third-order valence-corrected chi connectivity index (χ3v) is 6.56. The van der Waals surface area contributed by atoms with Crippen molar-refractivity contribution >= 4 is 0 Å². The van der Waals surface area contributed by atoms with Crippen molar-refractivity contribution in [3.63, 3.8) is 0 Å². The van der Waals surface area contributed by atoms with Crippen LogP contribution < -0.4 is 0 Å². The summed E-state index contributed by atoms with van der Waals surface area (Å²) in [5.41, 5.74) is -1.07. The number of rotatable bonds is 5. The van der Waals surface area contributed by atoms with Gasteiger partial charge in [0.2, 0.25) is 0 Å². The highest BCUT2D eigenvalue weighted by Gasteiger charge is 2.63. The fraction of sp³-hybridized carbons (Fsp3) is 1.00. The molecule has 0 aromatic rings. The van der Waals surface area contributed by atoms with E-state index in [-0.39, 0.29) is 17.8 Å². The van der Waals surface area contributed by atoms with E-state index in [4.69, 9.17) is 18.9 Å². The number of aliphatic hydroxyl groups is 2. The van der Waals surface area contributed by atoms with Crippen LogP contribution in [0, 0.1) is 23.7 Å². The predicted octanol–water partition coefficient (Wildman–Crippen LogP) is 2.27. The van der Waals surface area contributed by atoms with Crippen molar-refractivity contribution in [1.29, 1.82) is 0 Å². The standard InChI is InChI=1S/C19H34O6/c1-12-6-7-15-13(2)16(23-11-5-10-22-4)24-17-19(15,21)14(12)8-9-18(3,20)25-17/h12-17,20-21H,5-11H2,1-4H3/t12-,13-,14?,15?,16?,17-,18?,19-/m1/s1. The molecule has 6 heteroatoms. The summed E-state index contributed by atoms with van der Waals surface area (Å²) in [5, 5.41) is 22.3. The molecule has 2 heterocycles. The van der Waals surface area contributed by atoms with Crippen LogP contribution in [0.2, 0.25) is 0 Å². The summed E-state index contributed by atoms with van der Waals surface area (Å²) in [5.74, 6) is -0.707. The fourth-order valence-corrected chi connectivity index (χ4v) is 5.13. The molecule has 6 nitrogen and oxygen atoms in total. The molecule has 2 N–H and O–H groups in total. The van der Waals surface area contributed by atoms with Gasteiger partial charge in [0.1, 0.15) is 5.60 Å². The first-order chi connectivity index (χ1) is 11.8. The molecule has 2 saturated heterocycles. The minimum Gasteiger partial charge on any atom is -0.385 e. The van der Waals surface area contributed by atoms with E-state index in [9.17, 15) is 10.2 Å². The van der Waals surface area contributed by atoms with Crippen molar-refractivity contribution in [2.24, 2.45) is 23.7 Å². The van der Waals surface area contributed by atoms with Crippen LogP contribution in [0.5, 0.6) is 0 Å². The van der Waals surface area contributed by atoms with E-state index in [1.807, 2.05) is 0 Å². The second-order valence-electron chi connectivity index (χ2n) is 8.40. The van der Waals surface area contributed by atoms with E-state index < -0.39 is 24.0 Å². The molecule has 8 atom stereocenters. The van der Waals surface area contributed by atoms with Gasteiger partial charge in [0.05, 0.1) is 6.61 Å². The summed E-state index contributed by atoms with van der Waals surface area (Å²) in [4.78, 5) is 0. The third kappa shape index (κ3) is 3.62. The van der Waals surface area contributed by atoms with Gasteiger partial charge in [-0.3, -0.25) is 0 Å². The minimum absolute atomic E-state index is 0.0498. The Kier molecular flexibility index (Phi) is 5.78. The van der Waals surface area contributed by atoms with Gasteiger partial charge >= 0.3 is 0 Å². The van der Waals surface area contributed by atoms with Crippen molar-refractivity contribution in [2.75, 3.05) is 20.3 Å². The lowest BCUT2D eigenvalue weighted by Crippen LogP contribution is -2.67. The van der Waals surface area contributed by atoms with E-state index in [1.54, 1.807) is 14.0 Å². The van der Waals surface area contributed by atoms with Crippen molar-refractivity contribution < 1.29 is 29.2 Å². The van der Waals surface area contributed by atoms with Gasteiger partial charge in [-0.25, -0.2) is 0 Å². The Balaban J connectivity index is 1.82. The van der Waals surface area contributed by atoms with Gasteiger partial charge in [-0.1, -0.05) is 13.8 Å². The SMILES string of the molecule is COCCCOC1O[C@@H]2OC(C)(O)CCC3[C@H](C)CCC([C@H]1C)[C@]32O. The average molecular weight is 358 g/mol.